The third-order valence-electron chi connectivity index (χ3n) is 2.76. The minimum absolute atomic E-state index is 0.0244. The summed E-state index contributed by atoms with van der Waals surface area (Å²) in [5, 5.41) is 4.36. The van der Waals surface area contributed by atoms with Gasteiger partial charge in [0.2, 0.25) is 0 Å². The summed E-state index contributed by atoms with van der Waals surface area (Å²) in [6.07, 6.45) is 4.68. The standard InChI is InChI=1S/C12H21N3O2/c1-4-11-9(8-15(2)14-11)7-10(13)5-6-12(16)17-3/h8,10H,4-7,13H2,1-3H3. The Morgan fingerprint density at radius 3 is 2.94 bits per heavy atom. The lowest BCUT2D eigenvalue weighted by Gasteiger charge is -2.10. The van der Waals surface area contributed by atoms with Crippen molar-refractivity contribution in [3.05, 3.63) is 17.5 Å². The second kappa shape index (κ2) is 6.39. The minimum atomic E-state index is -0.206. The minimum Gasteiger partial charge on any atom is -0.469 e. The molecule has 0 bridgehead atoms. The molecule has 0 saturated carbocycles. The number of ether oxygens (including phenoxy) is 1. The van der Waals surface area contributed by atoms with Gasteiger partial charge in [-0.2, -0.15) is 5.10 Å². The number of hydrogen-bond acceptors (Lipinski definition) is 4. The van der Waals surface area contributed by atoms with Gasteiger partial charge < -0.3 is 10.5 Å². The van der Waals surface area contributed by atoms with Crippen LogP contribution in [0.2, 0.25) is 0 Å². The molecule has 0 saturated heterocycles. The van der Waals surface area contributed by atoms with Gasteiger partial charge in [-0.05, 0) is 24.8 Å². The van der Waals surface area contributed by atoms with E-state index < -0.39 is 0 Å². The summed E-state index contributed by atoms with van der Waals surface area (Å²) in [5.41, 5.74) is 8.25. The molecular weight excluding hydrogens is 218 g/mol. The van der Waals surface area contributed by atoms with Crippen LogP contribution in [0.3, 0.4) is 0 Å². The monoisotopic (exact) mass is 239 g/mol. The van der Waals surface area contributed by atoms with E-state index in [4.69, 9.17) is 5.73 Å². The van der Waals surface area contributed by atoms with Crippen molar-refractivity contribution in [2.24, 2.45) is 12.8 Å². The maximum atomic E-state index is 11.0. The number of methoxy groups -OCH3 is 1. The van der Waals surface area contributed by atoms with Crippen molar-refractivity contribution in [1.82, 2.24) is 9.78 Å². The molecule has 5 nitrogen and oxygen atoms in total. The predicted molar refractivity (Wildman–Crippen MR) is 65.5 cm³/mol. The van der Waals surface area contributed by atoms with Crippen LogP contribution >= 0.6 is 0 Å². The number of rotatable bonds is 6. The van der Waals surface area contributed by atoms with Gasteiger partial charge in [-0.15, -0.1) is 0 Å². The molecule has 1 rings (SSSR count). The lowest BCUT2D eigenvalue weighted by molar-refractivity contribution is -0.140. The predicted octanol–water partition coefficient (Wildman–Crippen LogP) is 0.805. The van der Waals surface area contributed by atoms with Crippen LogP contribution in [0, 0.1) is 0 Å². The molecule has 1 aromatic rings. The highest BCUT2D eigenvalue weighted by molar-refractivity contribution is 5.69. The van der Waals surface area contributed by atoms with E-state index in [0.29, 0.717) is 12.8 Å². The van der Waals surface area contributed by atoms with Crippen LogP contribution in [0.25, 0.3) is 0 Å². The lowest BCUT2D eigenvalue weighted by Crippen LogP contribution is -2.24. The van der Waals surface area contributed by atoms with E-state index in [2.05, 4.69) is 16.8 Å². The zero-order valence-electron chi connectivity index (χ0n) is 10.8. The van der Waals surface area contributed by atoms with Crippen LogP contribution in [0.15, 0.2) is 6.20 Å². The van der Waals surface area contributed by atoms with E-state index in [-0.39, 0.29) is 12.0 Å². The third kappa shape index (κ3) is 4.19. The van der Waals surface area contributed by atoms with Gasteiger partial charge in [0.05, 0.1) is 12.8 Å². The average Bonchev–Trinajstić information content (AvgIpc) is 2.66. The highest BCUT2D eigenvalue weighted by Gasteiger charge is 2.12. The Morgan fingerprint density at radius 2 is 2.35 bits per heavy atom. The molecular formula is C12H21N3O2. The molecule has 0 aliphatic rings. The molecule has 96 valence electrons. The number of aryl methyl sites for hydroxylation is 2. The van der Waals surface area contributed by atoms with Gasteiger partial charge in [0.25, 0.3) is 0 Å². The lowest BCUT2D eigenvalue weighted by atomic mass is 10.0. The van der Waals surface area contributed by atoms with E-state index in [1.54, 1.807) is 4.68 Å². The third-order valence-corrected chi connectivity index (χ3v) is 2.76. The van der Waals surface area contributed by atoms with E-state index in [1.807, 2.05) is 13.2 Å². The van der Waals surface area contributed by atoms with Crippen molar-refractivity contribution in [1.29, 1.82) is 0 Å². The fraction of sp³-hybridized carbons (Fsp3) is 0.667. The van der Waals surface area contributed by atoms with Gasteiger partial charge in [-0.25, -0.2) is 0 Å². The van der Waals surface area contributed by atoms with Crippen LogP contribution in [-0.4, -0.2) is 28.9 Å². The first-order valence-corrected chi connectivity index (χ1v) is 5.90. The molecule has 1 aromatic heterocycles. The molecule has 5 heteroatoms. The number of esters is 1. The number of nitrogens with two attached hydrogens (primary N) is 1. The van der Waals surface area contributed by atoms with Crippen LogP contribution < -0.4 is 5.73 Å². The number of hydrogen-bond donors (Lipinski definition) is 1. The fourth-order valence-corrected chi connectivity index (χ4v) is 1.84. The Hall–Kier alpha value is -1.36. The molecule has 17 heavy (non-hydrogen) atoms. The summed E-state index contributed by atoms with van der Waals surface area (Å²) in [6, 6.07) is -0.0244. The average molecular weight is 239 g/mol. The number of carbonyl (C=O) groups is 1. The molecule has 1 unspecified atom stereocenters. The van der Waals surface area contributed by atoms with Crippen LogP contribution in [0.5, 0.6) is 0 Å². The molecule has 0 aliphatic carbocycles. The highest BCUT2D eigenvalue weighted by Crippen LogP contribution is 2.11. The zero-order valence-corrected chi connectivity index (χ0v) is 10.8. The van der Waals surface area contributed by atoms with Crippen LogP contribution in [-0.2, 0) is 29.4 Å². The second-order valence-electron chi connectivity index (χ2n) is 4.21. The summed E-state index contributed by atoms with van der Waals surface area (Å²) in [6.45, 7) is 2.08. The molecule has 0 fully saturated rings. The Balaban J connectivity index is 2.49. The van der Waals surface area contributed by atoms with Gasteiger partial charge in [0, 0.05) is 25.7 Å². The van der Waals surface area contributed by atoms with E-state index >= 15 is 0 Å². The van der Waals surface area contributed by atoms with Gasteiger partial charge in [0.15, 0.2) is 0 Å². The van der Waals surface area contributed by atoms with Crippen molar-refractivity contribution in [3.63, 3.8) is 0 Å². The second-order valence-corrected chi connectivity index (χ2v) is 4.21. The van der Waals surface area contributed by atoms with Crippen LogP contribution in [0.1, 0.15) is 31.0 Å². The number of nitrogens with zero attached hydrogens (tertiary/aromatic N) is 2. The first-order valence-electron chi connectivity index (χ1n) is 5.90. The van der Waals surface area contributed by atoms with Crippen molar-refractivity contribution >= 4 is 5.97 Å². The molecule has 1 atom stereocenters. The molecule has 0 aliphatic heterocycles. The van der Waals surface area contributed by atoms with Crippen LogP contribution in [0.4, 0.5) is 0 Å². The van der Waals surface area contributed by atoms with E-state index in [0.717, 1.165) is 18.5 Å². The molecule has 1 heterocycles. The van der Waals surface area contributed by atoms with Gasteiger partial charge in [-0.3, -0.25) is 9.48 Å². The fourth-order valence-electron chi connectivity index (χ4n) is 1.84. The molecule has 0 aromatic carbocycles. The number of aromatic nitrogens is 2. The summed E-state index contributed by atoms with van der Waals surface area (Å²) < 4.78 is 6.40. The number of carbonyl (C=O) groups excluding carboxylic acids is 1. The van der Waals surface area contributed by atoms with Crippen molar-refractivity contribution in [2.45, 2.75) is 38.6 Å². The maximum Gasteiger partial charge on any atom is 0.305 e. The first-order chi connectivity index (χ1) is 8.06. The van der Waals surface area contributed by atoms with Crippen molar-refractivity contribution < 1.29 is 9.53 Å². The Kier molecular flexibility index (Phi) is 5.15. The molecule has 0 amide bonds. The molecule has 2 N–H and O–H groups in total. The summed E-state index contributed by atoms with van der Waals surface area (Å²) in [5.74, 6) is -0.206. The first kappa shape index (κ1) is 13.7. The van der Waals surface area contributed by atoms with Crippen molar-refractivity contribution in [2.75, 3.05) is 7.11 Å². The Labute approximate surface area is 102 Å². The quantitative estimate of drug-likeness (QED) is 0.746. The van der Waals surface area contributed by atoms with E-state index in [1.165, 1.54) is 12.7 Å². The normalized spacial score (nSPS) is 12.5. The van der Waals surface area contributed by atoms with Crippen molar-refractivity contribution in [3.8, 4) is 0 Å². The van der Waals surface area contributed by atoms with Gasteiger partial charge >= 0.3 is 5.97 Å². The summed E-state index contributed by atoms with van der Waals surface area (Å²) in [4.78, 5) is 11.0. The Bertz CT molecular complexity index is 374. The Morgan fingerprint density at radius 1 is 1.65 bits per heavy atom. The van der Waals surface area contributed by atoms with Gasteiger partial charge in [-0.1, -0.05) is 6.92 Å². The smallest absolute Gasteiger partial charge is 0.305 e. The van der Waals surface area contributed by atoms with Gasteiger partial charge in [0.1, 0.15) is 0 Å². The summed E-state index contributed by atoms with van der Waals surface area (Å²) >= 11 is 0. The zero-order chi connectivity index (χ0) is 12.8. The largest absolute Gasteiger partial charge is 0.469 e. The molecule has 0 radical (unpaired) electrons. The highest BCUT2D eigenvalue weighted by atomic mass is 16.5. The molecule has 0 spiro atoms. The SMILES string of the molecule is CCc1nn(C)cc1CC(N)CCC(=O)OC. The topological polar surface area (TPSA) is 70.1 Å². The maximum absolute atomic E-state index is 11.0. The summed E-state index contributed by atoms with van der Waals surface area (Å²) in [7, 11) is 3.30. The van der Waals surface area contributed by atoms with E-state index in [9.17, 15) is 4.79 Å².